The summed E-state index contributed by atoms with van der Waals surface area (Å²) in [6, 6.07) is 22.4. The van der Waals surface area contributed by atoms with E-state index in [2.05, 4.69) is 140 Å². The van der Waals surface area contributed by atoms with Gasteiger partial charge in [-0.25, -0.2) is 0 Å². The number of aromatic nitrogens is 4. The van der Waals surface area contributed by atoms with Crippen LogP contribution in [0.15, 0.2) is 60.7 Å². The Hall–Kier alpha value is -4.44. The Morgan fingerprint density at radius 3 is 1.20 bits per heavy atom. The quantitative estimate of drug-likeness (QED) is 0.210. The van der Waals surface area contributed by atoms with Crippen LogP contribution in [0.1, 0.15) is 83.9 Å². The minimum absolute atomic E-state index is 0.123. The Kier molecular flexibility index (Phi) is 6.93. The first-order chi connectivity index (χ1) is 21.7. The third kappa shape index (κ3) is 4.90. The average molecular weight is 607 g/mol. The van der Waals surface area contributed by atoms with E-state index in [0.29, 0.717) is 0 Å². The first-order valence-electron chi connectivity index (χ1n) is 16.6. The van der Waals surface area contributed by atoms with Crippen LogP contribution in [0.5, 0.6) is 0 Å². The normalized spacial score (nSPS) is 15.3. The van der Waals surface area contributed by atoms with Gasteiger partial charge in [-0.3, -0.25) is 9.97 Å². The van der Waals surface area contributed by atoms with Gasteiger partial charge in [-0.05, 0) is 87.1 Å². The summed E-state index contributed by atoms with van der Waals surface area (Å²) in [5.41, 5.74) is 21.1. The molecule has 0 aliphatic carbocycles. The van der Waals surface area contributed by atoms with Crippen LogP contribution in [0.2, 0.25) is 0 Å². The van der Waals surface area contributed by atoms with Crippen molar-refractivity contribution in [1.82, 2.24) is 19.9 Å². The molecule has 2 N–H and O–H groups in total. The van der Waals surface area contributed by atoms with Gasteiger partial charge in [-0.1, -0.05) is 87.4 Å². The van der Waals surface area contributed by atoms with Crippen LogP contribution in [0.25, 0.3) is 44.3 Å². The molecule has 0 radical (unpaired) electrons. The van der Waals surface area contributed by atoms with Crippen molar-refractivity contribution in [2.24, 2.45) is 0 Å². The van der Waals surface area contributed by atoms with Crippen molar-refractivity contribution in [2.45, 2.75) is 92.9 Å². The summed E-state index contributed by atoms with van der Waals surface area (Å²) < 4.78 is 0. The van der Waals surface area contributed by atoms with Gasteiger partial charge in [-0.2, -0.15) is 0 Å². The van der Waals surface area contributed by atoms with Crippen LogP contribution >= 0.6 is 0 Å². The number of aromatic amines is 2. The van der Waals surface area contributed by atoms with Gasteiger partial charge < -0.3 is 9.97 Å². The number of hydrogen-bond acceptors (Lipinski definition) is 2. The second-order valence-corrected chi connectivity index (χ2v) is 15.1. The van der Waals surface area contributed by atoms with E-state index in [1.165, 1.54) is 55.6 Å². The molecule has 0 spiro atoms. The zero-order valence-electron chi connectivity index (χ0n) is 29.1. The molecule has 0 unspecified atom stereocenters. The van der Waals surface area contributed by atoms with E-state index in [9.17, 15) is 0 Å². The smallest absolute Gasteiger partial charge is 0.0515 e. The van der Waals surface area contributed by atoms with Crippen molar-refractivity contribution in [1.29, 1.82) is 0 Å². The third-order valence-electron chi connectivity index (χ3n) is 10.6. The standard InChI is InChI=1S/C42H46N4/c1-23-11-15-29(16-12-23)37-33-21-41(7,8)35(43-33)20-32-26(4)28(6)40(46-32)38(30-17-13-24(2)14-18-30)34-22-42(9,10)36(44-34)19-31-25(3)27(5)39(37)45-31/h11-20,45-46H,21-22H2,1-10H3. The molecule has 234 valence electrons. The van der Waals surface area contributed by atoms with Crippen LogP contribution in [0.3, 0.4) is 0 Å². The van der Waals surface area contributed by atoms with E-state index in [1.54, 1.807) is 0 Å². The van der Waals surface area contributed by atoms with Crippen molar-refractivity contribution in [3.8, 4) is 22.3 Å². The zero-order valence-corrected chi connectivity index (χ0v) is 29.1. The molecule has 0 atom stereocenters. The number of benzene rings is 2. The lowest BCUT2D eigenvalue weighted by Crippen LogP contribution is -2.15. The summed E-state index contributed by atoms with van der Waals surface area (Å²) in [7, 11) is 0. The molecule has 7 rings (SSSR count). The Balaban J connectivity index is 1.70. The second-order valence-electron chi connectivity index (χ2n) is 15.1. The number of hydrogen-bond donors (Lipinski definition) is 2. The minimum Gasteiger partial charge on any atom is -0.354 e. The maximum absolute atomic E-state index is 5.46. The molecule has 46 heavy (non-hydrogen) atoms. The van der Waals surface area contributed by atoms with Crippen LogP contribution in [-0.4, -0.2) is 19.9 Å². The van der Waals surface area contributed by atoms with E-state index in [0.717, 1.165) is 57.7 Å². The predicted molar refractivity (Wildman–Crippen MR) is 194 cm³/mol. The summed E-state index contributed by atoms with van der Waals surface area (Å²) in [6.07, 6.45) is 1.73. The lowest BCUT2D eigenvalue weighted by atomic mass is 9.85. The molecule has 8 bridgehead atoms. The molecule has 2 aliphatic rings. The lowest BCUT2D eigenvalue weighted by Gasteiger charge is -2.17. The molecule has 4 heteroatoms. The molecule has 0 amide bonds. The van der Waals surface area contributed by atoms with Gasteiger partial charge in [0.05, 0.1) is 22.4 Å². The second kappa shape index (κ2) is 10.6. The van der Waals surface area contributed by atoms with Crippen molar-refractivity contribution in [2.75, 3.05) is 0 Å². The summed E-state index contributed by atoms with van der Waals surface area (Å²) in [6.45, 7) is 22.5. The fourth-order valence-electron chi connectivity index (χ4n) is 7.27. The molecular formula is C42H46N4. The largest absolute Gasteiger partial charge is 0.354 e. The molecular weight excluding hydrogens is 560 g/mol. The van der Waals surface area contributed by atoms with E-state index in [4.69, 9.17) is 9.97 Å². The first-order valence-corrected chi connectivity index (χ1v) is 16.6. The molecule has 0 saturated heterocycles. The Morgan fingerprint density at radius 1 is 0.500 bits per heavy atom. The number of aryl methyl sites for hydroxylation is 6. The minimum atomic E-state index is -0.123. The van der Waals surface area contributed by atoms with Crippen LogP contribution in [0.4, 0.5) is 0 Å². The average Bonchev–Trinajstić information content (AvgIpc) is 3.65. The van der Waals surface area contributed by atoms with Gasteiger partial charge >= 0.3 is 0 Å². The number of rotatable bonds is 2. The Morgan fingerprint density at radius 2 is 0.848 bits per heavy atom. The molecule has 0 saturated carbocycles. The highest BCUT2D eigenvalue weighted by Gasteiger charge is 2.33. The van der Waals surface area contributed by atoms with Crippen molar-refractivity contribution < 1.29 is 0 Å². The fraction of sp³-hybridized carbons (Fsp3) is 0.333. The molecule has 0 fully saturated rings. The number of nitrogens with one attached hydrogen (secondary N) is 2. The van der Waals surface area contributed by atoms with Crippen LogP contribution < -0.4 is 0 Å². The van der Waals surface area contributed by atoms with Gasteiger partial charge in [-0.15, -0.1) is 0 Å². The zero-order chi connectivity index (χ0) is 32.7. The first kappa shape index (κ1) is 30.2. The molecule has 3 aromatic heterocycles. The van der Waals surface area contributed by atoms with Crippen molar-refractivity contribution in [3.63, 3.8) is 0 Å². The number of H-pyrrole nitrogens is 2. The van der Waals surface area contributed by atoms with Gasteiger partial charge in [0.2, 0.25) is 0 Å². The maximum Gasteiger partial charge on any atom is 0.0515 e. The van der Waals surface area contributed by atoms with Crippen molar-refractivity contribution in [3.05, 3.63) is 117 Å². The van der Waals surface area contributed by atoms with Gasteiger partial charge in [0.25, 0.3) is 0 Å². The highest BCUT2D eigenvalue weighted by Crippen LogP contribution is 2.42. The van der Waals surface area contributed by atoms with E-state index < -0.39 is 0 Å². The van der Waals surface area contributed by atoms with Crippen molar-refractivity contribution >= 4 is 22.1 Å². The van der Waals surface area contributed by atoms with Crippen LogP contribution in [0, 0.1) is 41.5 Å². The Labute approximate surface area is 273 Å². The Bertz CT molecular complexity index is 2030. The summed E-state index contributed by atoms with van der Waals surface area (Å²) >= 11 is 0. The molecule has 2 aliphatic heterocycles. The summed E-state index contributed by atoms with van der Waals surface area (Å²) in [5, 5.41) is 0. The van der Waals surface area contributed by atoms with E-state index in [1.807, 2.05) is 0 Å². The molecule has 4 nitrogen and oxygen atoms in total. The SMILES string of the molecule is Cc1ccc(-c2c3nc(cc4[nH]c(c(C)c4C)c(-c4ccc(C)cc4)c4nc(cc5[nH]c2c(C)c5C)C(C)(C)C4)C(C)(C)C3)cc1. The van der Waals surface area contributed by atoms with Crippen LogP contribution in [-0.2, 0) is 23.7 Å². The topological polar surface area (TPSA) is 57.4 Å². The monoisotopic (exact) mass is 606 g/mol. The fourth-order valence-corrected chi connectivity index (χ4v) is 7.27. The summed E-state index contributed by atoms with van der Waals surface area (Å²) in [5.74, 6) is 0. The predicted octanol–water partition coefficient (Wildman–Crippen LogP) is 10.5. The molecule has 5 heterocycles. The highest BCUT2D eigenvalue weighted by atomic mass is 14.8. The third-order valence-corrected chi connectivity index (χ3v) is 10.6. The van der Waals surface area contributed by atoms with Gasteiger partial charge in [0, 0.05) is 57.2 Å². The maximum atomic E-state index is 5.46. The number of nitrogens with zero attached hydrogens (tertiary/aromatic N) is 2. The van der Waals surface area contributed by atoms with E-state index >= 15 is 0 Å². The molecule has 5 aromatic rings. The van der Waals surface area contributed by atoms with Gasteiger partial charge in [0.1, 0.15) is 0 Å². The summed E-state index contributed by atoms with van der Waals surface area (Å²) in [4.78, 5) is 18.7. The molecule has 2 aromatic carbocycles. The van der Waals surface area contributed by atoms with E-state index in [-0.39, 0.29) is 10.8 Å². The van der Waals surface area contributed by atoms with Gasteiger partial charge in [0.15, 0.2) is 0 Å². The number of fused-ring (bicyclic) bond motifs is 8. The highest BCUT2D eigenvalue weighted by molar-refractivity contribution is 5.90. The lowest BCUT2D eigenvalue weighted by molar-refractivity contribution is 0.543.